The maximum Gasteiger partial charge on any atom is 0.168 e. The molecule has 0 bridgehead atoms. The highest BCUT2D eigenvalue weighted by Crippen LogP contribution is 2.36. The monoisotopic (exact) mass is 482 g/mol. The summed E-state index contributed by atoms with van der Waals surface area (Å²) < 4.78 is 28.8. The molecule has 1 atom stereocenters. The van der Waals surface area contributed by atoms with E-state index in [1.165, 1.54) is 17.8 Å². The van der Waals surface area contributed by atoms with Gasteiger partial charge < -0.3 is 19.9 Å². The number of nitrogens with one attached hydrogen (secondary N) is 1. The van der Waals surface area contributed by atoms with Crippen molar-refractivity contribution in [2.45, 2.75) is 39.8 Å². The summed E-state index contributed by atoms with van der Waals surface area (Å²) in [7, 11) is 1.56. The van der Waals surface area contributed by atoms with E-state index in [1.54, 1.807) is 17.8 Å². The number of aliphatic hydroxyl groups excluding tert-OH is 1. The third-order valence-corrected chi connectivity index (χ3v) is 5.91. The zero-order valence-electron chi connectivity index (χ0n) is 20.5. The van der Waals surface area contributed by atoms with Gasteiger partial charge in [0.05, 0.1) is 44.0 Å². The second-order valence-electron chi connectivity index (χ2n) is 7.93. The van der Waals surface area contributed by atoms with Crippen LogP contribution in [-0.4, -0.2) is 56.3 Å². The second kappa shape index (κ2) is 10.8. The molecule has 4 aromatic heterocycles. The van der Waals surface area contributed by atoms with Crippen LogP contribution >= 0.6 is 0 Å². The average molecular weight is 483 g/mol. The Morgan fingerprint density at radius 2 is 2.03 bits per heavy atom. The summed E-state index contributed by atoms with van der Waals surface area (Å²) in [6, 6.07) is 4.66. The van der Waals surface area contributed by atoms with Crippen LogP contribution in [0.2, 0.25) is 0 Å². The standard InChI is InChI=1S/C23H25FN6O3.C2H6/c1-14-18-5-6-25-7-8-29(18)28-22(14)15-9-19(23-20(32-2)11-27-30(23)12-15)33-21(13-31)17-4-3-16(24)10-26-17;1-2/h3-4,9-12,21,25,31H,5-8,13H2,1-2H3;1-2H3. The molecule has 0 spiro atoms. The van der Waals surface area contributed by atoms with Crippen LogP contribution < -0.4 is 14.8 Å². The summed E-state index contributed by atoms with van der Waals surface area (Å²) in [5.41, 5.74) is 5.04. The Balaban J connectivity index is 0.00000141. The zero-order valence-corrected chi connectivity index (χ0v) is 20.5. The summed E-state index contributed by atoms with van der Waals surface area (Å²) in [4.78, 5) is 4.07. The van der Waals surface area contributed by atoms with E-state index in [-0.39, 0.29) is 6.61 Å². The first-order valence-electron chi connectivity index (χ1n) is 11.8. The highest BCUT2D eigenvalue weighted by molar-refractivity contribution is 5.75. The van der Waals surface area contributed by atoms with Gasteiger partial charge in [-0.05, 0) is 30.7 Å². The lowest BCUT2D eigenvalue weighted by molar-refractivity contribution is 0.114. The minimum atomic E-state index is -0.796. The van der Waals surface area contributed by atoms with Gasteiger partial charge in [0.15, 0.2) is 23.1 Å². The van der Waals surface area contributed by atoms with Gasteiger partial charge in [-0.15, -0.1) is 0 Å². The van der Waals surface area contributed by atoms with Gasteiger partial charge in [-0.3, -0.25) is 9.67 Å². The molecule has 0 amide bonds. The Bertz CT molecular complexity index is 1280. The first kappa shape index (κ1) is 24.6. The smallest absolute Gasteiger partial charge is 0.168 e. The summed E-state index contributed by atoms with van der Waals surface area (Å²) in [6.45, 7) is 8.34. The molecule has 35 heavy (non-hydrogen) atoms. The van der Waals surface area contributed by atoms with Crippen molar-refractivity contribution >= 4 is 5.52 Å². The fourth-order valence-corrected chi connectivity index (χ4v) is 4.23. The number of aromatic nitrogens is 5. The van der Waals surface area contributed by atoms with Crippen molar-refractivity contribution in [2.75, 3.05) is 26.8 Å². The zero-order chi connectivity index (χ0) is 24.9. The Hall–Kier alpha value is -3.50. The number of nitrogens with zero attached hydrogens (tertiary/aromatic N) is 5. The van der Waals surface area contributed by atoms with Crippen LogP contribution in [0.5, 0.6) is 11.5 Å². The molecule has 1 aliphatic rings. The number of hydrogen-bond donors (Lipinski definition) is 2. The average Bonchev–Trinajstić information content (AvgIpc) is 3.35. The van der Waals surface area contributed by atoms with E-state index in [0.717, 1.165) is 49.1 Å². The van der Waals surface area contributed by atoms with Crippen LogP contribution in [0.4, 0.5) is 4.39 Å². The molecule has 1 aliphatic heterocycles. The number of aliphatic hydroxyl groups is 1. The van der Waals surface area contributed by atoms with Crippen LogP contribution in [0.25, 0.3) is 16.8 Å². The molecule has 0 saturated heterocycles. The minimum absolute atomic E-state index is 0.337. The summed E-state index contributed by atoms with van der Waals surface area (Å²) in [5, 5.41) is 22.7. The molecule has 0 aliphatic carbocycles. The van der Waals surface area contributed by atoms with Gasteiger partial charge >= 0.3 is 0 Å². The molecule has 0 fully saturated rings. The molecule has 186 valence electrons. The SMILES string of the molecule is CC.COc1cnn2cc(-c3nn4c(c3C)CCNCC4)cc(OC(CO)c3ccc(F)cn3)c12. The third-order valence-electron chi connectivity index (χ3n) is 5.91. The Morgan fingerprint density at radius 1 is 1.20 bits per heavy atom. The van der Waals surface area contributed by atoms with Crippen LogP contribution in [0.1, 0.15) is 36.9 Å². The number of methoxy groups -OCH3 is 1. The lowest BCUT2D eigenvalue weighted by Crippen LogP contribution is -2.17. The predicted octanol–water partition coefficient (Wildman–Crippen LogP) is 3.33. The van der Waals surface area contributed by atoms with Gasteiger partial charge in [0, 0.05) is 37.0 Å². The van der Waals surface area contributed by atoms with Crippen molar-refractivity contribution in [1.82, 2.24) is 29.7 Å². The van der Waals surface area contributed by atoms with Crippen LogP contribution in [-0.2, 0) is 13.0 Å². The molecule has 5 rings (SSSR count). The second-order valence-corrected chi connectivity index (χ2v) is 7.93. The predicted molar refractivity (Wildman–Crippen MR) is 130 cm³/mol. The Morgan fingerprint density at radius 3 is 2.74 bits per heavy atom. The van der Waals surface area contributed by atoms with Gasteiger partial charge in [-0.25, -0.2) is 8.91 Å². The quantitative estimate of drug-likeness (QED) is 0.435. The Kier molecular flexibility index (Phi) is 7.62. The molecule has 1 unspecified atom stereocenters. The summed E-state index contributed by atoms with van der Waals surface area (Å²) >= 11 is 0. The maximum atomic E-state index is 13.3. The summed E-state index contributed by atoms with van der Waals surface area (Å²) in [5.74, 6) is 0.530. The van der Waals surface area contributed by atoms with E-state index in [0.29, 0.717) is 22.7 Å². The van der Waals surface area contributed by atoms with Gasteiger partial charge in [-0.2, -0.15) is 10.2 Å². The third kappa shape index (κ3) is 4.85. The van der Waals surface area contributed by atoms with E-state index in [9.17, 15) is 9.50 Å². The van der Waals surface area contributed by atoms with Crippen molar-refractivity contribution in [2.24, 2.45) is 0 Å². The summed E-state index contributed by atoms with van der Waals surface area (Å²) in [6.07, 6.45) is 4.71. The van der Waals surface area contributed by atoms with Gasteiger partial charge in [-0.1, -0.05) is 13.8 Å². The Labute approximate surface area is 203 Å². The first-order chi connectivity index (χ1) is 17.1. The van der Waals surface area contributed by atoms with Crippen molar-refractivity contribution < 1.29 is 19.0 Å². The molecule has 10 heteroatoms. The molecular formula is C25H31FN6O3. The highest BCUT2D eigenvalue weighted by atomic mass is 19.1. The fraction of sp³-hybridized carbons (Fsp3) is 0.400. The molecular weight excluding hydrogens is 451 g/mol. The minimum Gasteiger partial charge on any atom is -0.493 e. The van der Waals surface area contributed by atoms with Crippen LogP contribution in [0, 0.1) is 12.7 Å². The number of hydrogen-bond acceptors (Lipinski definition) is 7. The molecule has 2 N–H and O–H groups in total. The number of pyridine rings is 2. The molecule has 9 nitrogen and oxygen atoms in total. The number of fused-ring (bicyclic) bond motifs is 2. The number of ether oxygens (including phenoxy) is 2. The van der Waals surface area contributed by atoms with E-state index >= 15 is 0 Å². The largest absolute Gasteiger partial charge is 0.493 e. The van der Waals surface area contributed by atoms with Gasteiger partial charge in [0.2, 0.25) is 0 Å². The lowest BCUT2D eigenvalue weighted by Gasteiger charge is -2.18. The molecule has 5 heterocycles. The van der Waals surface area contributed by atoms with Crippen molar-refractivity contribution in [3.63, 3.8) is 0 Å². The number of rotatable bonds is 6. The van der Waals surface area contributed by atoms with Gasteiger partial charge in [0.1, 0.15) is 5.82 Å². The normalized spacial score (nSPS) is 14.0. The van der Waals surface area contributed by atoms with Gasteiger partial charge in [0.25, 0.3) is 0 Å². The molecule has 0 aromatic carbocycles. The number of halogens is 1. The van der Waals surface area contributed by atoms with E-state index in [1.807, 2.05) is 26.1 Å². The van der Waals surface area contributed by atoms with Crippen molar-refractivity contribution in [1.29, 1.82) is 0 Å². The molecule has 0 radical (unpaired) electrons. The van der Waals surface area contributed by atoms with Crippen molar-refractivity contribution in [3.8, 4) is 22.8 Å². The lowest BCUT2D eigenvalue weighted by atomic mass is 10.1. The first-order valence-corrected chi connectivity index (χ1v) is 11.8. The topological polar surface area (TPSA) is 98.7 Å². The van der Waals surface area contributed by atoms with Crippen LogP contribution in [0.3, 0.4) is 0 Å². The molecule has 4 aromatic rings. The van der Waals surface area contributed by atoms with Crippen LogP contribution in [0.15, 0.2) is 36.8 Å². The van der Waals surface area contributed by atoms with E-state index in [2.05, 4.69) is 27.0 Å². The van der Waals surface area contributed by atoms with E-state index < -0.39 is 11.9 Å². The highest BCUT2D eigenvalue weighted by Gasteiger charge is 2.23. The fourth-order valence-electron chi connectivity index (χ4n) is 4.23. The van der Waals surface area contributed by atoms with Crippen molar-refractivity contribution in [3.05, 3.63) is 59.6 Å². The van der Waals surface area contributed by atoms with E-state index in [4.69, 9.17) is 14.6 Å². The maximum absolute atomic E-state index is 13.3. The molecule has 0 saturated carbocycles.